The van der Waals surface area contributed by atoms with Gasteiger partial charge in [-0.1, -0.05) is 19.8 Å². The SMILES string of the molecule is CCCCCC(C)(C)OC(=O)OC(N)=O. The molecule has 0 heterocycles. The summed E-state index contributed by atoms with van der Waals surface area (Å²) in [4.78, 5) is 21.2. The summed E-state index contributed by atoms with van der Waals surface area (Å²) < 4.78 is 9.00. The highest BCUT2D eigenvalue weighted by molar-refractivity contribution is 5.79. The van der Waals surface area contributed by atoms with Gasteiger partial charge < -0.3 is 15.2 Å². The first-order chi connectivity index (χ1) is 6.87. The molecule has 0 aliphatic rings. The van der Waals surface area contributed by atoms with E-state index in [2.05, 4.69) is 17.4 Å². The van der Waals surface area contributed by atoms with Crippen molar-refractivity contribution in [1.82, 2.24) is 0 Å². The number of hydrogen-bond acceptors (Lipinski definition) is 4. The van der Waals surface area contributed by atoms with Crippen molar-refractivity contribution in [1.29, 1.82) is 0 Å². The fourth-order valence-electron chi connectivity index (χ4n) is 1.18. The van der Waals surface area contributed by atoms with Gasteiger partial charge in [-0.3, -0.25) is 0 Å². The number of amides is 1. The summed E-state index contributed by atoms with van der Waals surface area (Å²) in [6.07, 6.45) is 1.69. The van der Waals surface area contributed by atoms with Gasteiger partial charge in [-0.15, -0.1) is 0 Å². The van der Waals surface area contributed by atoms with Crippen LogP contribution in [0.5, 0.6) is 0 Å². The molecular formula is C10H19NO4. The zero-order valence-electron chi connectivity index (χ0n) is 9.54. The number of primary amides is 1. The van der Waals surface area contributed by atoms with E-state index in [1.165, 1.54) is 0 Å². The molecular weight excluding hydrogens is 198 g/mol. The van der Waals surface area contributed by atoms with Crippen LogP contribution in [0, 0.1) is 0 Å². The van der Waals surface area contributed by atoms with Crippen LogP contribution in [0.1, 0.15) is 46.5 Å². The third-order valence-corrected chi connectivity index (χ3v) is 1.93. The van der Waals surface area contributed by atoms with Crippen LogP contribution >= 0.6 is 0 Å². The Balaban J connectivity index is 3.90. The van der Waals surface area contributed by atoms with Crippen LogP contribution in [0.15, 0.2) is 0 Å². The Morgan fingerprint density at radius 2 is 1.87 bits per heavy atom. The zero-order valence-corrected chi connectivity index (χ0v) is 9.54. The lowest BCUT2D eigenvalue weighted by Gasteiger charge is -2.23. The van der Waals surface area contributed by atoms with Crippen molar-refractivity contribution in [3.05, 3.63) is 0 Å². The van der Waals surface area contributed by atoms with E-state index in [1.54, 1.807) is 13.8 Å². The Morgan fingerprint density at radius 3 is 2.33 bits per heavy atom. The van der Waals surface area contributed by atoms with Crippen molar-refractivity contribution >= 4 is 12.2 Å². The fourth-order valence-corrected chi connectivity index (χ4v) is 1.18. The normalized spacial score (nSPS) is 10.9. The number of nitrogens with two attached hydrogens (primary N) is 1. The largest absolute Gasteiger partial charge is 0.517 e. The molecule has 0 aromatic heterocycles. The van der Waals surface area contributed by atoms with Crippen LogP contribution in [0.4, 0.5) is 9.59 Å². The van der Waals surface area contributed by atoms with Gasteiger partial charge >= 0.3 is 12.2 Å². The summed E-state index contributed by atoms with van der Waals surface area (Å²) in [6.45, 7) is 5.63. The predicted octanol–water partition coefficient (Wildman–Crippen LogP) is 2.58. The molecule has 0 saturated heterocycles. The monoisotopic (exact) mass is 217 g/mol. The average Bonchev–Trinajstić information content (AvgIpc) is 2.00. The Kier molecular flexibility index (Phi) is 5.74. The summed E-state index contributed by atoms with van der Waals surface area (Å²) in [5, 5.41) is 0. The zero-order chi connectivity index (χ0) is 11.9. The molecule has 15 heavy (non-hydrogen) atoms. The van der Waals surface area contributed by atoms with Gasteiger partial charge in [-0.05, 0) is 26.7 Å². The summed E-state index contributed by atoms with van der Waals surface area (Å²) in [5.74, 6) is 0. The Hall–Kier alpha value is -1.26. The number of hydrogen-bond donors (Lipinski definition) is 1. The van der Waals surface area contributed by atoms with E-state index in [0.717, 1.165) is 25.7 Å². The smallest absolute Gasteiger partial charge is 0.428 e. The Bertz CT molecular complexity index is 225. The van der Waals surface area contributed by atoms with E-state index < -0.39 is 17.8 Å². The molecule has 0 radical (unpaired) electrons. The lowest BCUT2D eigenvalue weighted by atomic mass is 10.0. The van der Waals surface area contributed by atoms with E-state index in [0.29, 0.717) is 0 Å². The molecule has 0 aliphatic heterocycles. The molecule has 0 aliphatic carbocycles. The number of rotatable bonds is 5. The van der Waals surface area contributed by atoms with Gasteiger partial charge in [-0.2, -0.15) is 0 Å². The third-order valence-electron chi connectivity index (χ3n) is 1.93. The molecule has 0 bridgehead atoms. The second-order valence-electron chi connectivity index (χ2n) is 3.99. The van der Waals surface area contributed by atoms with E-state index in [4.69, 9.17) is 4.74 Å². The minimum atomic E-state index is -1.15. The number of carbonyl (C=O) groups is 2. The second kappa shape index (κ2) is 6.27. The molecule has 5 nitrogen and oxygen atoms in total. The molecule has 0 spiro atoms. The van der Waals surface area contributed by atoms with Crippen molar-refractivity contribution in [2.45, 2.75) is 52.1 Å². The van der Waals surface area contributed by atoms with E-state index >= 15 is 0 Å². The van der Waals surface area contributed by atoms with Crippen molar-refractivity contribution < 1.29 is 19.1 Å². The highest BCUT2D eigenvalue weighted by atomic mass is 16.8. The molecule has 1 amide bonds. The van der Waals surface area contributed by atoms with Gasteiger partial charge in [0.1, 0.15) is 5.60 Å². The lowest BCUT2D eigenvalue weighted by Crippen LogP contribution is -2.30. The molecule has 88 valence electrons. The van der Waals surface area contributed by atoms with Gasteiger partial charge in [-0.25, -0.2) is 9.59 Å². The minimum Gasteiger partial charge on any atom is -0.428 e. The van der Waals surface area contributed by atoms with Crippen LogP contribution in [0.3, 0.4) is 0 Å². The second-order valence-corrected chi connectivity index (χ2v) is 3.99. The number of ether oxygens (including phenoxy) is 2. The van der Waals surface area contributed by atoms with Crippen LogP contribution < -0.4 is 5.73 Å². The molecule has 0 aromatic carbocycles. The molecule has 0 rings (SSSR count). The first kappa shape index (κ1) is 13.7. The lowest BCUT2D eigenvalue weighted by molar-refractivity contribution is -0.00560. The van der Waals surface area contributed by atoms with Crippen molar-refractivity contribution in [3.8, 4) is 0 Å². The molecule has 0 fully saturated rings. The molecule has 0 saturated carbocycles. The van der Waals surface area contributed by atoms with Gasteiger partial charge in [0.15, 0.2) is 0 Å². The molecule has 5 heteroatoms. The highest BCUT2D eigenvalue weighted by Crippen LogP contribution is 2.19. The van der Waals surface area contributed by atoms with Crippen LogP contribution in [-0.4, -0.2) is 17.8 Å². The van der Waals surface area contributed by atoms with Crippen molar-refractivity contribution in [2.75, 3.05) is 0 Å². The standard InChI is InChI=1S/C10H19NO4/c1-4-5-6-7-10(2,3)15-9(13)14-8(11)12/h4-7H2,1-3H3,(H2,11,12). The topological polar surface area (TPSA) is 78.6 Å². The Morgan fingerprint density at radius 1 is 1.27 bits per heavy atom. The molecule has 2 N–H and O–H groups in total. The first-order valence-corrected chi connectivity index (χ1v) is 5.07. The Labute approximate surface area is 89.9 Å². The van der Waals surface area contributed by atoms with E-state index in [9.17, 15) is 9.59 Å². The fraction of sp³-hybridized carbons (Fsp3) is 0.800. The van der Waals surface area contributed by atoms with Crippen LogP contribution in [-0.2, 0) is 9.47 Å². The predicted molar refractivity (Wildman–Crippen MR) is 55.4 cm³/mol. The highest BCUT2D eigenvalue weighted by Gasteiger charge is 2.24. The molecule has 0 unspecified atom stereocenters. The van der Waals surface area contributed by atoms with Gasteiger partial charge in [0.05, 0.1) is 0 Å². The summed E-state index contributed by atoms with van der Waals surface area (Å²) in [6, 6.07) is 0. The summed E-state index contributed by atoms with van der Waals surface area (Å²) in [5.41, 5.74) is 4.05. The molecule has 0 atom stereocenters. The molecule has 0 aromatic rings. The first-order valence-electron chi connectivity index (χ1n) is 5.07. The van der Waals surface area contributed by atoms with Crippen LogP contribution in [0.2, 0.25) is 0 Å². The average molecular weight is 217 g/mol. The van der Waals surface area contributed by atoms with E-state index in [1.807, 2.05) is 0 Å². The van der Waals surface area contributed by atoms with Crippen molar-refractivity contribution in [3.63, 3.8) is 0 Å². The van der Waals surface area contributed by atoms with E-state index in [-0.39, 0.29) is 0 Å². The summed E-state index contributed by atoms with van der Waals surface area (Å²) in [7, 11) is 0. The van der Waals surface area contributed by atoms with Gasteiger partial charge in [0.2, 0.25) is 0 Å². The number of unbranched alkanes of at least 4 members (excludes halogenated alkanes) is 2. The van der Waals surface area contributed by atoms with Crippen molar-refractivity contribution in [2.24, 2.45) is 5.73 Å². The third kappa shape index (κ3) is 7.78. The quantitative estimate of drug-likeness (QED) is 0.436. The van der Waals surface area contributed by atoms with Gasteiger partial charge in [0, 0.05) is 0 Å². The summed E-state index contributed by atoms with van der Waals surface area (Å²) >= 11 is 0. The number of carbonyl (C=O) groups excluding carboxylic acids is 2. The maximum absolute atomic E-state index is 11.0. The minimum absolute atomic E-state index is 0.623. The maximum Gasteiger partial charge on any atom is 0.517 e. The maximum atomic E-state index is 11.0. The van der Waals surface area contributed by atoms with Crippen LogP contribution in [0.25, 0.3) is 0 Å². The van der Waals surface area contributed by atoms with Gasteiger partial charge in [0.25, 0.3) is 0 Å².